The molecule has 25 heavy (non-hydrogen) atoms. The SMILES string of the molecule is CC(C)[C@H](NC(=O)c1ccc(F)c(F)c1)C(=O)NCc1cccnc1. The lowest BCUT2D eigenvalue weighted by atomic mass is 10.0. The van der Waals surface area contributed by atoms with Crippen molar-refractivity contribution in [3.63, 3.8) is 0 Å². The van der Waals surface area contributed by atoms with Gasteiger partial charge in [-0.1, -0.05) is 19.9 Å². The van der Waals surface area contributed by atoms with Crippen LogP contribution in [0.3, 0.4) is 0 Å². The molecule has 2 N–H and O–H groups in total. The van der Waals surface area contributed by atoms with Crippen LogP contribution in [0.5, 0.6) is 0 Å². The topological polar surface area (TPSA) is 71.1 Å². The first-order chi connectivity index (χ1) is 11.9. The highest BCUT2D eigenvalue weighted by Crippen LogP contribution is 2.10. The van der Waals surface area contributed by atoms with Crippen molar-refractivity contribution in [3.8, 4) is 0 Å². The minimum Gasteiger partial charge on any atom is -0.350 e. The van der Waals surface area contributed by atoms with Gasteiger partial charge >= 0.3 is 0 Å². The van der Waals surface area contributed by atoms with E-state index in [9.17, 15) is 18.4 Å². The molecule has 0 fully saturated rings. The molecule has 132 valence electrons. The van der Waals surface area contributed by atoms with Crippen molar-refractivity contribution in [1.29, 1.82) is 0 Å². The maximum Gasteiger partial charge on any atom is 0.252 e. The summed E-state index contributed by atoms with van der Waals surface area (Å²) < 4.78 is 26.2. The molecular weight excluding hydrogens is 328 g/mol. The first-order valence-corrected chi connectivity index (χ1v) is 7.81. The third kappa shape index (κ3) is 5.07. The highest BCUT2D eigenvalue weighted by atomic mass is 19.2. The summed E-state index contributed by atoms with van der Waals surface area (Å²) in [7, 11) is 0. The van der Waals surface area contributed by atoms with Crippen LogP contribution in [0.2, 0.25) is 0 Å². The average molecular weight is 347 g/mol. The number of amides is 2. The number of rotatable bonds is 6. The summed E-state index contributed by atoms with van der Waals surface area (Å²) in [5.74, 6) is -3.35. The Morgan fingerprint density at radius 3 is 2.52 bits per heavy atom. The van der Waals surface area contributed by atoms with Crippen LogP contribution in [0, 0.1) is 17.6 Å². The molecule has 5 nitrogen and oxygen atoms in total. The van der Waals surface area contributed by atoms with Gasteiger partial charge in [-0.2, -0.15) is 0 Å². The van der Waals surface area contributed by atoms with Crippen molar-refractivity contribution in [1.82, 2.24) is 15.6 Å². The van der Waals surface area contributed by atoms with Gasteiger partial charge in [0, 0.05) is 24.5 Å². The second-order valence-corrected chi connectivity index (χ2v) is 5.90. The van der Waals surface area contributed by atoms with Crippen LogP contribution in [0.25, 0.3) is 0 Å². The van der Waals surface area contributed by atoms with Crippen LogP contribution in [0.1, 0.15) is 29.8 Å². The molecule has 0 saturated carbocycles. The smallest absolute Gasteiger partial charge is 0.252 e. The maximum absolute atomic E-state index is 13.3. The monoisotopic (exact) mass is 347 g/mol. The second kappa shape index (κ2) is 8.32. The fourth-order valence-corrected chi connectivity index (χ4v) is 2.20. The van der Waals surface area contributed by atoms with Crippen molar-refractivity contribution < 1.29 is 18.4 Å². The van der Waals surface area contributed by atoms with Crippen molar-refractivity contribution >= 4 is 11.8 Å². The number of halogens is 2. The Hall–Kier alpha value is -2.83. The van der Waals surface area contributed by atoms with E-state index in [1.54, 1.807) is 32.3 Å². The number of nitrogens with zero attached hydrogens (tertiary/aromatic N) is 1. The van der Waals surface area contributed by atoms with Crippen LogP contribution in [0.15, 0.2) is 42.7 Å². The first-order valence-electron chi connectivity index (χ1n) is 7.81. The van der Waals surface area contributed by atoms with E-state index in [1.807, 2.05) is 6.07 Å². The van der Waals surface area contributed by atoms with Gasteiger partial charge in [0.25, 0.3) is 5.91 Å². The normalized spacial score (nSPS) is 11.9. The number of hydrogen-bond donors (Lipinski definition) is 2. The lowest BCUT2D eigenvalue weighted by Gasteiger charge is -2.21. The van der Waals surface area contributed by atoms with Gasteiger partial charge in [-0.15, -0.1) is 0 Å². The van der Waals surface area contributed by atoms with Gasteiger partial charge in [0.15, 0.2) is 11.6 Å². The molecule has 0 aliphatic carbocycles. The minimum absolute atomic E-state index is 0.0513. The molecule has 1 aromatic carbocycles. The number of hydrogen-bond acceptors (Lipinski definition) is 3. The van der Waals surface area contributed by atoms with Gasteiger partial charge in [0.05, 0.1) is 0 Å². The average Bonchev–Trinajstić information content (AvgIpc) is 2.60. The number of pyridine rings is 1. The Morgan fingerprint density at radius 2 is 1.92 bits per heavy atom. The minimum atomic E-state index is -1.12. The largest absolute Gasteiger partial charge is 0.350 e. The van der Waals surface area contributed by atoms with E-state index in [4.69, 9.17) is 0 Å². The molecule has 0 spiro atoms. The standard InChI is InChI=1S/C18H19F2N3O2/c1-11(2)16(18(25)22-10-12-4-3-7-21-9-12)23-17(24)13-5-6-14(19)15(20)8-13/h3-9,11,16H,10H2,1-2H3,(H,22,25)(H,23,24)/t16-/m0/s1. The van der Waals surface area contributed by atoms with Crippen LogP contribution in [-0.4, -0.2) is 22.8 Å². The van der Waals surface area contributed by atoms with Gasteiger partial charge in [-0.25, -0.2) is 8.78 Å². The van der Waals surface area contributed by atoms with Crippen molar-refractivity contribution in [2.45, 2.75) is 26.4 Å². The zero-order valence-corrected chi connectivity index (χ0v) is 13.9. The molecule has 2 amide bonds. The predicted octanol–water partition coefficient (Wildman–Crippen LogP) is 2.43. The lowest BCUT2D eigenvalue weighted by molar-refractivity contribution is -0.124. The summed E-state index contributed by atoms with van der Waals surface area (Å²) in [6.45, 7) is 3.83. The summed E-state index contributed by atoms with van der Waals surface area (Å²) >= 11 is 0. The fourth-order valence-electron chi connectivity index (χ4n) is 2.20. The zero-order valence-electron chi connectivity index (χ0n) is 13.9. The number of aromatic nitrogens is 1. The molecular formula is C18H19F2N3O2. The summed E-state index contributed by atoms with van der Waals surface area (Å²) in [6, 6.07) is 5.60. The Labute approximate surface area is 144 Å². The molecule has 1 heterocycles. The molecule has 0 bridgehead atoms. The Bertz CT molecular complexity index is 751. The Morgan fingerprint density at radius 1 is 1.16 bits per heavy atom. The summed E-state index contributed by atoms with van der Waals surface area (Å²) in [5, 5.41) is 5.29. The molecule has 0 aliphatic rings. The number of nitrogens with one attached hydrogen (secondary N) is 2. The molecule has 0 unspecified atom stereocenters. The number of benzene rings is 1. The van der Waals surface area contributed by atoms with Crippen LogP contribution in [0.4, 0.5) is 8.78 Å². The predicted molar refractivity (Wildman–Crippen MR) is 88.5 cm³/mol. The molecule has 0 radical (unpaired) electrons. The van der Waals surface area contributed by atoms with Crippen molar-refractivity contribution in [2.24, 2.45) is 5.92 Å². The number of carbonyl (C=O) groups is 2. The zero-order chi connectivity index (χ0) is 18.4. The van der Waals surface area contributed by atoms with Gasteiger partial charge in [0.2, 0.25) is 5.91 Å². The highest BCUT2D eigenvalue weighted by Gasteiger charge is 2.24. The van der Waals surface area contributed by atoms with Gasteiger partial charge in [-0.05, 0) is 35.7 Å². The molecule has 2 aromatic rings. The van der Waals surface area contributed by atoms with Crippen LogP contribution in [-0.2, 0) is 11.3 Å². The van der Waals surface area contributed by atoms with E-state index in [0.29, 0.717) is 0 Å². The third-order valence-corrected chi connectivity index (χ3v) is 3.61. The third-order valence-electron chi connectivity index (χ3n) is 3.61. The molecule has 7 heteroatoms. The molecule has 1 aromatic heterocycles. The second-order valence-electron chi connectivity index (χ2n) is 5.90. The van der Waals surface area contributed by atoms with Gasteiger partial charge < -0.3 is 10.6 Å². The van der Waals surface area contributed by atoms with Gasteiger partial charge in [-0.3, -0.25) is 14.6 Å². The molecule has 2 rings (SSSR count). The molecule has 1 atom stereocenters. The number of carbonyl (C=O) groups excluding carboxylic acids is 2. The highest BCUT2D eigenvalue weighted by molar-refractivity contribution is 5.97. The molecule has 0 saturated heterocycles. The van der Waals surface area contributed by atoms with E-state index in [0.717, 1.165) is 17.7 Å². The van der Waals surface area contributed by atoms with E-state index in [2.05, 4.69) is 15.6 Å². The van der Waals surface area contributed by atoms with Gasteiger partial charge in [0.1, 0.15) is 6.04 Å². The summed E-state index contributed by atoms with van der Waals surface area (Å²) in [6.07, 6.45) is 3.26. The fraction of sp³-hybridized carbons (Fsp3) is 0.278. The lowest BCUT2D eigenvalue weighted by Crippen LogP contribution is -2.49. The molecule has 0 aliphatic heterocycles. The summed E-state index contributed by atoms with van der Waals surface area (Å²) in [4.78, 5) is 28.5. The van der Waals surface area contributed by atoms with Crippen molar-refractivity contribution in [3.05, 3.63) is 65.5 Å². The first kappa shape index (κ1) is 18.5. The van der Waals surface area contributed by atoms with Crippen molar-refractivity contribution in [2.75, 3.05) is 0 Å². The van der Waals surface area contributed by atoms with E-state index in [1.165, 1.54) is 6.07 Å². The quantitative estimate of drug-likeness (QED) is 0.843. The Balaban J connectivity index is 2.02. The summed E-state index contributed by atoms with van der Waals surface area (Å²) in [5.41, 5.74) is 0.773. The Kier molecular flexibility index (Phi) is 6.16. The van der Waals surface area contributed by atoms with E-state index < -0.39 is 23.6 Å². The van der Waals surface area contributed by atoms with Crippen LogP contribution >= 0.6 is 0 Å². The van der Waals surface area contributed by atoms with Crippen LogP contribution < -0.4 is 10.6 Å². The van der Waals surface area contributed by atoms with E-state index >= 15 is 0 Å². The maximum atomic E-state index is 13.3. The van der Waals surface area contributed by atoms with E-state index in [-0.39, 0.29) is 23.9 Å².